The number of benzene rings is 3. The summed E-state index contributed by atoms with van der Waals surface area (Å²) < 4.78 is 31.9. The third-order valence-corrected chi connectivity index (χ3v) is 7.86. The molecule has 0 amide bonds. The van der Waals surface area contributed by atoms with Crippen molar-refractivity contribution < 1.29 is 18.6 Å². The zero-order valence-electron chi connectivity index (χ0n) is 21.9. The van der Waals surface area contributed by atoms with Crippen LogP contribution in [0.25, 0.3) is 22.0 Å². The molecule has 0 unspecified atom stereocenters. The zero-order valence-corrected chi connectivity index (χ0v) is 21.9. The van der Waals surface area contributed by atoms with Crippen molar-refractivity contribution in [3.63, 3.8) is 0 Å². The van der Waals surface area contributed by atoms with Crippen molar-refractivity contribution >= 4 is 22.0 Å². The second-order valence-corrected chi connectivity index (χ2v) is 10.4. The largest absolute Gasteiger partial charge is 0.489 e. The minimum absolute atomic E-state index is 0.117. The van der Waals surface area contributed by atoms with Crippen LogP contribution in [-0.2, 0) is 6.42 Å². The first-order valence-corrected chi connectivity index (χ1v) is 13.8. The van der Waals surface area contributed by atoms with Crippen LogP contribution in [0.4, 0.5) is 8.92 Å². The highest BCUT2D eigenvalue weighted by molar-refractivity contribution is 6.05. The number of allylic oxidation sites excluding steroid dienone is 1. The van der Waals surface area contributed by atoms with Gasteiger partial charge in [-0.3, -0.25) is 19.2 Å². The Bertz CT molecular complexity index is 1480. The summed E-state index contributed by atoms with van der Waals surface area (Å²) in [7, 11) is 0. The Morgan fingerprint density at radius 3 is 2.64 bits per heavy atom. The minimum atomic E-state index is -0.276. The van der Waals surface area contributed by atoms with Gasteiger partial charge in [0.15, 0.2) is 5.75 Å². The second-order valence-electron chi connectivity index (χ2n) is 10.4. The highest BCUT2D eigenvalue weighted by atomic mass is 19.3. The predicted molar refractivity (Wildman–Crippen MR) is 151 cm³/mol. The van der Waals surface area contributed by atoms with E-state index in [1.54, 1.807) is 6.07 Å². The third-order valence-electron chi connectivity index (χ3n) is 7.86. The first-order valence-electron chi connectivity index (χ1n) is 13.8. The van der Waals surface area contributed by atoms with Crippen LogP contribution in [0.5, 0.6) is 11.5 Å². The second kappa shape index (κ2) is 11.5. The predicted octanol–water partition coefficient (Wildman–Crippen LogP) is 7.61. The molecule has 4 aromatic rings. The molecule has 0 spiro atoms. The van der Waals surface area contributed by atoms with E-state index in [-0.39, 0.29) is 18.5 Å². The van der Waals surface area contributed by atoms with Gasteiger partial charge < -0.3 is 4.74 Å². The maximum atomic E-state index is 13.1. The number of nitrogens with zero attached hydrogens (tertiary/aromatic N) is 2. The van der Waals surface area contributed by atoms with Crippen LogP contribution in [0.2, 0.25) is 0 Å². The number of fused-ring (bicyclic) bond motifs is 2. The average molecular weight is 527 g/mol. The Balaban J connectivity index is 1.39. The summed E-state index contributed by atoms with van der Waals surface area (Å²) in [5.74, 6) is 1.06. The van der Waals surface area contributed by atoms with Gasteiger partial charge in [0.1, 0.15) is 11.9 Å². The topological polar surface area (TPSA) is 34.6 Å². The highest BCUT2D eigenvalue weighted by Crippen LogP contribution is 2.42. The Morgan fingerprint density at radius 2 is 1.79 bits per heavy atom. The standard InChI is InChI=1S/C33H32F2N2O2/c34-17-4-19-37-20-16-27(22-37)38-25-12-10-23(11-13-25)33-28-15-14-26(39-35)21-24(28)5-1-7-31(33)29-6-2-9-32-30(29)8-3-18-36-32/h2-3,6,8-15,18,21,27H,1,4-5,7,16-17,19-20,22H2/t27-/m0/s1. The fraction of sp³-hybridized carbons (Fsp3) is 0.303. The number of aryl methyl sites for hydroxylation is 1. The number of rotatable bonds is 8. The van der Waals surface area contributed by atoms with Gasteiger partial charge in [-0.2, -0.15) is 0 Å². The van der Waals surface area contributed by atoms with Crippen LogP contribution in [0.15, 0.2) is 79.0 Å². The summed E-state index contributed by atoms with van der Waals surface area (Å²) in [6, 6.07) is 24.2. The van der Waals surface area contributed by atoms with Crippen molar-refractivity contribution in [1.29, 1.82) is 0 Å². The highest BCUT2D eigenvalue weighted by Gasteiger charge is 2.25. The monoisotopic (exact) mass is 526 g/mol. The molecule has 6 heteroatoms. The van der Waals surface area contributed by atoms with Crippen LogP contribution < -0.4 is 9.68 Å². The summed E-state index contributed by atoms with van der Waals surface area (Å²) >= 11 is 0. The third kappa shape index (κ3) is 5.39. The molecule has 1 aromatic heterocycles. The van der Waals surface area contributed by atoms with Gasteiger partial charge in [0, 0.05) is 35.7 Å². The SMILES string of the molecule is FCCCN1CC[C@H](Oc2ccc(C3=C(c4cccc5ncccc45)CCCc4cc(OF)ccc43)cc2)C1. The molecule has 3 aromatic carbocycles. The van der Waals surface area contributed by atoms with E-state index < -0.39 is 0 Å². The van der Waals surface area contributed by atoms with Crippen molar-refractivity contribution in [3.8, 4) is 11.5 Å². The lowest BCUT2D eigenvalue weighted by molar-refractivity contribution is -0.00629. The quantitative estimate of drug-likeness (QED) is 0.237. The fourth-order valence-corrected chi connectivity index (χ4v) is 6.05. The number of aromatic nitrogens is 1. The van der Waals surface area contributed by atoms with E-state index in [2.05, 4.69) is 45.2 Å². The van der Waals surface area contributed by atoms with E-state index in [1.165, 1.54) is 11.1 Å². The van der Waals surface area contributed by atoms with Gasteiger partial charge in [0.05, 0.1) is 12.2 Å². The lowest BCUT2D eigenvalue weighted by atomic mass is 9.86. The number of hydrogen-bond acceptors (Lipinski definition) is 4. The molecule has 1 fully saturated rings. The number of likely N-dealkylation sites (tertiary alicyclic amines) is 1. The first-order chi connectivity index (χ1) is 19.2. The van der Waals surface area contributed by atoms with Crippen molar-refractivity contribution in [2.24, 2.45) is 0 Å². The van der Waals surface area contributed by atoms with Crippen LogP contribution in [0.3, 0.4) is 0 Å². The Kier molecular flexibility index (Phi) is 7.55. The molecule has 2 aliphatic rings. The fourth-order valence-electron chi connectivity index (χ4n) is 6.05. The van der Waals surface area contributed by atoms with E-state index in [9.17, 15) is 8.92 Å². The Morgan fingerprint density at radius 1 is 0.923 bits per heavy atom. The van der Waals surface area contributed by atoms with Gasteiger partial charge in [-0.15, -0.1) is 0 Å². The van der Waals surface area contributed by atoms with Crippen LogP contribution in [-0.4, -0.2) is 42.3 Å². The number of pyridine rings is 1. The van der Waals surface area contributed by atoms with Crippen molar-refractivity contribution in [1.82, 2.24) is 9.88 Å². The normalized spacial score (nSPS) is 17.7. The molecule has 0 saturated carbocycles. The minimum Gasteiger partial charge on any atom is -0.489 e. The summed E-state index contributed by atoms with van der Waals surface area (Å²) in [5.41, 5.74) is 7.81. The van der Waals surface area contributed by atoms with Gasteiger partial charge in [0.2, 0.25) is 0 Å². The summed E-state index contributed by atoms with van der Waals surface area (Å²) in [4.78, 5) is 10.9. The molecule has 1 saturated heterocycles. The van der Waals surface area contributed by atoms with Crippen molar-refractivity contribution in [2.45, 2.75) is 38.2 Å². The summed E-state index contributed by atoms with van der Waals surface area (Å²) in [6.45, 7) is 2.28. The Labute approximate surface area is 227 Å². The molecule has 1 aliphatic carbocycles. The molecule has 0 bridgehead atoms. The van der Waals surface area contributed by atoms with Crippen LogP contribution in [0.1, 0.15) is 47.9 Å². The molecule has 0 radical (unpaired) electrons. The van der Waals surface area contributed by atoms with Crippen LogP contribution >= 0.6 is 0 Å². The molecular formula is C33H32F2N2O2. The lowest BCUT2D eigenvalue weighted by Gasteiger charge is -2.19. The first kappa shape index (κ1) is 25.5. The average Bonchev–Trinajstić information content (AvgIpc) is 3.34. The van der Waals surface area contributed by atoms with E-state index >= 15 is 0 Å². The van der Waals surface area contributed by atoms with Gasteiger partial charge in [-0.05, 0) is 102 Å². The van der Waals surface area contributed by atoms with Gasteiger partial charge >= 0.3 is 0 Å². The molecule has 1 aliphatic heterocycles. The molecular weight excluding hydrogens is 494 g/mol. The molecule has 200 valence electrons. The number of hydrogen-bond donors (Lipinski definition) is 0. The van der Waals surface area contributed by atoms with E-state index in [1.807, 2.05) is 42.6 Å². The molecule has 0 N–H and O–H groups in total. The molecule has 2 heterocycles. The van der Waals surface area contributed by atoms with Gasteiger partial charge in [-0.1, -0.05) is 36.4 Å². The van der Waals surface area contributed by atoms with E-state index in [4.69, 9.17) is 4.74 Å². The number of ether oxygens (including phenoxy) is 1. The molecule has 1 atom stereocenters. The summed E-state index contributed by atoms with van der Waals surface area (Å²) in [6.07, 6.45) is 6.14. The smallest absolute Gasteiger partial charge is 0.172 e. The maximum absolute atomic E-state index is 13.1. The van der Waals surface area contributed by atoms with Crippen molar-refractivity contribution in [3.05, 3.63) is 101 Å². The van der Waals surface area contributed by atoms with Crippen LogP contribution in [0, 0.1) is 0 Å². The lowest BCUT2D eigenvalue weighted by Crippen LogP contribution is -2.26. The molecule has 6 rings (SSSR count). The number of alkyl halides is 1. The maximum Gasteiger partial charge on any atom is 0.172 e. The van der Waals surface area contributed by atoms with E-state index in [0.29, 0.717) is 6.42 Å². The van der Waals surface area contributed by atoms with E-state index in [0.717, 1.165) is 84.2 Å². The zero-order chi connectivity index (χ0) is 26.6. The Hall–Kier alpha value is -3.77. The van der Waals surface area contributed by atoms with Crippen molar-refractivity contribution in [2.75, 3.05) is 26.3 Å². The molecule has 39 heavy (non-hydrogen) atoms. The summed E-state index contributed by atoms with van der Waals surface area (Å²) in [5, 5.41) is 1.12. The van der Waals surface area contributed by atoms with Gasteiger partial charge in [0.25, 0.3) is 0 Å². The van der Waals surface area contributed by atoms with Gasteiger partial charge in [-0.25, -0.2) is 0 Å². The molecule has 4 nitrogen and oxygen atoms in total. The number of halogens is 2.